The summed E-state index contributed by atoms with van der Waals surface area (Å²) in [4.78, 5) is 16.4. The molecule has 0 aromatic rings. The van der Waals surface area contributed by atoms with Crippen LogP contribution in [0.5, 0.6) is 0 Å². The molecule has 2 atom stereocenters. The van der Waals surface area contributed by atoms with Gasteiger partial charge in [0.1, 0.15) is 0 Å². The van der Waals surface area contributed by atoms with Gasteiger partial charge in [0.25, 0.3) is 0 Å². The van der Waals surface area contributed by atoms with Crippen LogP contribution in [0.3, 0.4) is 0 Å². The first-order chi connectivity index (χ1) is 8.55. The molecule has 1 saturated carbocycles. The van der Waals surface area contributed by atoms with Crippen molar-refractivity contribution in [2.24, 2.45) is 11.5 Å². The van der Waals surface area contributed by atoms with Gasteiger partial charge in [0.2, 0.25) is 5.91 Å². The molecule has 2 fully saturated rings. The van der Waals surface area contributed by atoms with Gasteiger partial charge in [-0.2, -0.15) is 0 Å². The van der Waals surface area contributed by atoms with Crippen molar-refractivity contribution in [1.82, 2.24) is 9.80 Å². The number of carbonyl (C=O) groups excluding carboxylic acids is 1. The molecule has 1 aliphatic heterocycles. The fourth-order valence-corrected chi connectivity index (χ4v) is 3.26. The number of amides is 1. The molecule has 1 amide bonds. The van der Waals surface area contributed by atoms with Crippen molar-refractivity contribution in [3.63, 3.8) is 0 Å². The molecule has 1 heterocycles. The van der Waals surface area contributed by atoms with Crippen LogP contribution in [0, 0.1) is 0 Å². The lowest BCUT2D eigenvalue weighted by Gasteiger charge is -2.44. The van der Waals surface area contributed by atoms with E-state index in [1.807, 2.05) is 0 Å². The molecule has 0 spiro atoms. The zero-order chi connectivity index (χ0) is 13.2. The van der Waals surface area contributed by atoms with E-state index in [-0.39, 0.29) is 5.91 Å². The summed E-state index contributed by atoms with van der Waals surface area (Å²) in [6.07, 6.45) is 3.64. The van der Waals surface area contributed by atoms with E-state index in [2.05, 4.69) is 16.7 Å². The molecule has 1 aliphatic carbocycles. The molecule has 2 rings (SSSR count). The summed E-state index contributed by atoms with van der Waals surface area (Å²) in [5.74, 6) is -0.334. The predicted molar refractivity (Wildman–Crippen MR) is 72.1 cm³/mol. The third-order valence-electron chi connectivity index (χ3n) is 4.62. The van der Waals surface area contributed by atoms with E-state index in [9.17, 15) is 4.79 Å². The van der Waals surface area contributed by atoms with Crippen LogP contribution < -0.4 is 11.5 Å². The summed E-state index contributed by atoms with van der Waals surface area (Å²) in [6, 6.07) is 0.440. The Hall–Kier alpha value is -0.650. The Kier molecular flexibility index (Phi) is 4.25. The standard InChI is InChI=1S/C13H26N4O/c1-2-16-6-8-17(9-7-16)11-4-3-5-13(15,10-11)12(14)18/h11H,2-10,15H2,1H3,(H2,14,18). The minimum absolute atomic E-state index is 0.334. The van der Waals surface area contributed by atoms with Crippen LogP contribution in [-0.4, -0.2) is 60.0 Å². The van der Waals surface area contributed by atoms with E-state index in [1.54, 1.807) is 0 Å². The summed E-state index contributed by atoms with van der Waals surface area (Å²) >= 11 is 0. The highest BCUT2D eigenvalue weighted by atomic mass is 16.1. The van der Waals surface area contributed by atoms with Gasteiger partial charge in [0.15, 0.2) is 0 Å². The molecule has 2 aliphatic rings. The van der Waals surface area contributed by atoms with Crippen LogP contribution >= 0.6 is 0 Å². The maximum Gasteiger partial charge on any atom is 0.237 e. The Balaban J connectivity index is 1.92. The van der Waals surface area contributed by atoms with Crippen LogP contribution in [0.2, 0.25) is 0 Å². The minimum Gasteiger partial charge on any atom is -0.368 e. The van der Waals surface area contributed by atoms with Gasteiger partial charge in [0.05, 0.1) is 5.54 Å². The van der Waals surface area contributed by atoms with E-state index in [1.165, 1.54) is 0 Å². The number of piperazine rings is 1. The van der Waals surface area contributed by atoms with Gasteiger partial charge in [-0.25, -0.2) is 0 Å². The third kappa shape index (κ3) is 2.84. The number of primary amides is 1. The minimum atomic E-state index is -0.773. The Morgan fingerprint density at radius 1 is 1.33 bits per heavy atom. The van der Waals surface area contributed by atoms with Gasteiger partial charge >= 0.3 is 0 Å². The number of hydrogen-bond donors (Lipinski definition) is 2. The van der Waals surface area contributed by atoms with E-state index in [0.717, 1.165) is 58.4 Å². The zero-order valence-corrected chi connectivity index (χ0v) is 11.4. The molecule has 0 aromatic heterocycles. The number of nitrogens with two attached hydrogens (primary N) is 2. The maximum atomic E-state index is 11.5. The second kappa shape index (κ2) is 5.55. The molecule has 5 nitrogen and oxygen atoms in total. The third-order valence-corrected chi connectivity index (χ3v) is 4.62. The summed E-state index contributed by atoms with van der Waals surface area (Å²) in [7, 11) is 0. The molecule has 0 radical (unpaired) electrons. The second-order valence-electron chi connectivity index (χ2n) is 5.74. The van der Waals surface area contributed by atoms with Gasteiger partial charge in [-0.1, -0.05) is 6.92 Å². The Labute approximate surface area is 109 Å². The molecular formula is C13H26N4O. The highest BCUT2D eigenvalue weighted by molar-refractivity contribution is 5.84. The largest absolute Gasteiger partial charge is 0.368 e. The number of likely N-dealkylation sites (N-methyl/N-ethyl adjacent to an activating group) is 1. The Bertz CT molecular complexity index is 301. The Morgan fingerprint density at radius 2 is 2.00 bits per heavy atom. The fourth-order valence-electron chi connectivity index (χ4n) is 3.26. The second-order valence-corrected chi connectivity index (χ2v) is 5.74. The molecule has 104 valence electrons. The molecule has 4 N–H and O–H groups in total. The molecule has 0 aromatic carbocycles. The van der Waals surface area contributed by atoms with Gasteiger partial charge in [-0.15, -0.1) is 0 Å². The van der Waals surface area contributed by atoms with E-state index in [0.29, 0.717) is 6.04 Å². The summed E-state index contributed by atoms with van der Waals surface area (Å²) in [5.41, 5.74) is 10.8. The average Bonchev–Trinajstić information content (AvgIpc) is 2.39. The van der Waals surface area contributed by atoms with Crippen LogP contribution in [0.25, 0.3) is 0 Å². The van der Waals surface area contributed by atoms with Crippen molar-refractivity contribution >= 4 is 5.91 Å². The highest BCUT2D eigenvalue weighted by Crippen LogP contribution is 2.29. The normalized spacial score (nSPS) is 35.6. The molecule has 5 heteroatoms. The average molecular weight is 254 g/mol. The van der Waals surface area contributed by atoms with E-state index >= 15 is 0 Å². The van der Waals surface area contributed by atoms with Gasteiger partial charge in [0, 0.05) is 32.2 Å². The van der Waals surface area contributed by atoms with Crippen molar-refractivity contribution in [2.45, 2.75) is 44.2 Å². The first-order valence-electron chi connectivity index (χ1n) is 7.10. The summed E-state index contributed by atoms with van der Waals surface area (Å²) < 4.78 is 0. The van der Waals surface area contributed by atoms with Gasteiger partial charge in [-0.05, 0) is 32.2 Å². The van der Waals surface area contributed by atoms with Crippen LogP contribution in [0.1, 0.15) is 32.6 Å². The quantitative estimate of drug-likeness (QED) is 0.728. The van der Waals surface area contributed by atoms with Crippen molar-refractivity contribution in [2.75, 3.05) is 32.7 Å². The van der Waals surface area contributed by atoms with E-state index in [4.69, 9.17) is 11.5 Å². The SMILES string of the molecule is CCN1CCN(C2CCCC(N)(C(N)=O)C2)CC1. The van der Waals surface area contributed by atoms with Gasteiger partial charge < -0.3 is 16.4 Å². The first kappa shape index (κ1) is 13.8. The van der Waals surface area contributed by atoms with Crippen molar-refractivity contribution in [3.8, 4) is 0 Å². The van der Waals surface area contributed by atoms with Crippen molar-refractivity contribution in [3.05, 3.63) is 0 Å². The number of carbonyl (C=O) groups is 1. The smallest absolute Gasteiger partial charge is 0.237 e. The van der Waals surface area contributed by atoms with Crippen LogP contribution in [0.4, 0.5) is 0 Å². The van der Waals surface area contributed by atoms with E-state index < -0.39 is 5.54 Å². The van der Waals surface area contributed by atoms with Gasteiger partial charge in [-0.3, -0.25) is 9.69 Å². The highest BCUT2D eigenvalue weighted by Gasteiger charge is 2.40. The number of nitrogens with zero attached hydrogens (tertiary/aromatic N) is 2. The monoisotopic (exact) mass is 254 g/mol. The molecule has 18 heavy (non-hydrogen) atoms. The number of rotatable bonds is 3. The molecule has 0 bridgehead atoms. The topological polar surface area (TPSA) is 75.6 Å². The lowest BCUT2D eigenvalue weighted by atomic mass is 9.78. The molecular weight excluding hydrogens is 228 g/mol. The zero-order valence-electron chi connectivity index (χ0n) is 11.4. The summed E-state index contributed by atoms with van der Waals surface area (Å²) in [5, 5.41) is 0. The summed E-state index contributed by atoms with van der Waals surface area (Å²) in [6.45, 7) is 7.76. The lowest BCUT2D eigenvalue weighted by molar-refractivity contribution is -0.125. The lowest BCUT2D eigenvalue weighted by Crippen LogP contribution is -2.60. The maximum absolute atomic E-state index is 11.5. The molecule has 2 unspecified atom stereocenters. The van der Waals surface area contributed by atoms with Crippen molar-refractivity contribution in [1.29, 1.82) is 0 Å². The van der Waals surface area contributed by atoms with Crippen LogP contribution in [0.15, 0.2) is 0 Å². The Morgan fingerprint density at radius 3 is 2.56 bits per heavy atom. The first-order valence-corrected chi connectivity index (χ1v) is 7.10. The number of hydrogen-bond acceptors (Lipinski definition) is 4. The van der Waals surface area contributed by atoms with Crippen LogP contribution in [-0.2, 0) is 4.79 Å². The van der Waals surface area contributed by atoms with Crippen molar-refractivity contribution < 1.29 is 4.79 Å². The predicted octanol–water partition coefficient (Wildman–Crippen LogP) is -0.251. The molecule has 1 saturated heterocycles. The fraction of sp³-hybridized carbons (Fsp3) is 0.923.